The monoisotopic (exact) mass is 440 g/mol. The number of nitrogens with zero attached hydrogens (tertiary/aromatic N) is 2. The first-order chi connectivity index (χ1) is 14.4. The lowest BCUT2D eigenvalue weighted by atomic mass is 9.72. The first kappa shape index (κ1) is 24.6. The number of aliphatic hydroxyl groups is 2. The fourth-order valence-electron chi connectivity index (χ4n) is 3.49. The lowest BCUT2D eigenvalue weighted by molar-refractivity contribution is -0.171. The Morgan fingerprint density at radius 1 is 1.26 bits per heavy atom. The van der Waals surface area contributed by atoms with Crippen molar-refractivity contribution in [3.8, 4) is 0 Å². The number of amides is 1. The second-order valence-corrected chi connectivity index (χ2v) is 8.40. The Balaban J connectivity index is 2.33. The van der Waals surface area contributed by atoms with Crippen molar-refractivity contribution in [2.75, 3.05) is 20.2 Å². The van der Waals surface area contributed by atoms with Gasteiger partial charge in [0, 0.05) is 7.05 Å². The summed E-state index contributed by atoms with van der Waals surface area (Å²) in [5.74, 6) is -5.18. The third kappa shape index (κ3) is 4.98. The van der Waals surface area contributed by atoms with E-state index in [1.54, 1.807) is 19.0 Å². The molecule has 1 saturated carbocycles. The average molecular weight is 440 g/mol. The summed E-state index contributed by atoms with van der Waals surface area (Å²) in [6.45, 7) is 6.36. The SMILES string of the molecule is C\C(F)=C(F)/C(O)=C\C=C(/C)CN1C(=O)C(C(=O)OCC(C)C)=C(O)C2(CCC2)N1C. The Hall–Kier alpha value is -2.68. The summed E-state index contributed by atoms with van der Waals surface area (Å²) in [4.78, 5) is 25.7. The molecule has 1 fully saturated rings. The molecule has 2 aliphatic rings. The maximum Gasteiger partial charge on any atom is 0.347 e. The standard InChI is InChI=1S/C22H30F2N2O5/c1-13(2)12-31-21(30)17-19(28)22(9-6-10-22)25(5)26(20(17)29)11-14(3)7-8-16(27)18(24)15(4)23/h7-8,13,27-28H,6,9-12H2,1-5H3/b14-7+,16-8+,18-15-. The van der Waals surface area contributed by atoms with E-state index in [9.17, 15) is 28.6 Å². The van der Waals surface area contributed by atoms with Gasteiger partial charge in [0.15, 0.2) is 17.2 Å². The molecule has 0 aromatic carbocycles. The molecule has 0 atom stereocenters. The number of halogens is 2. The van der Waals surface area contributed by atoms with Gasteiger partial charge in [0.05, 0.1) is 18.7 Å². The Bertz CT molecular complexity index is 865. The number of allylic oxidation sites excluding steroid dienone is 4. The Labute approximate surface area is 180 Å². The molecule has 9 heteroatoms. The third-order valence-corrected chi connectivity index (χ3v) is 5.49. The van der Waals surface area contributed by atoms with Crippen molar-refractivity contribution in [3.63, 3.8) is 0 Å². The first-order valence-corrected chi connectivity index (χ1v) is 10.2. The van der Waals surface area contributed by atoms with Crippen molar-refractivity contribution in [1.29, 1.82) is 0 Å². The van der Waals surface area contributed by atoms with Crippen LogP contribution in [0, 0.1) is 5.92 Å². The molecule has 0 unspecified atom stereocenters. The van der Waals surface area contributed by atoms with Crippen LogP contribution in [0.3, 0.4) is 0 Å². The van der Waals surface area contributed by atoms with Gasteiger partial charge in [-0.05, 0) is 45.1 Å². The van der Waals surface area contributed by atoms with Crippen LogP contribution in [0.25, 0.3) is 0 Å². The van der Waals surface area contributed by atoms with Gasteiger partial charge < -0.3 is 14.9 Å². The van der Waals surface area contributed by atoms with E-state index < -0.39 is 34.8 Å². The highest BCUT2D eigenvalue weighted by Gasteiger charge is 2.55. The predicted octanol–water partition coefficient (Wildman–Crippen LogP) is 4.17. The van der Waals surface area contributed by atoms with Crippen molar-refractivity contribution >= 4 is 11.9 Å². The number of carbonyl (C=O) groups excluding carboxylic acids is 2. The van der Waals surface area contributed by atoms with E-state index in [1.807, 2.05) is 13.8 Å². The Morgan fingerprint density at radius 2 is 1.87 bits per heavy atom. The quantitative estimate of drug-likeness (QED) is 0.267. The molecule has 1 heterocycles. The summed E-state index contributed by atoms with van der Waals surface area (Å²) in [5, 5.41) is 23.3. The molecule has 0 bridgehead atoms. The average Bonchev–Trinajstić information content (AvgIpc) is 2.66. The molecule has 0 radical (unpaired) electrons. The topological polar surface area (TPSA) is 90.3 Å². The van der Waals surface area contributed by atoms with Gasteiger partial charge in [-0.3, -0.25) is 9.80 Å². The van der Waals surface area contributed by atoms with Crippen molar-refractivity contribution in [3.05, 3.63) is 46.5 Å². The molecule has 1 aliphatic heterocycles. The number of ether oxygens (including phenoxy) is 1. The summed E-state index contributed by atoms with van der Waals surface area (Å²) in [6.07, 6.45) is 4.29. The van der Waals surface area contributed by atoms with Crippen LogP contribution in [0.5, 0.6) is 0 Å². The van der Waals surface area contributed by atoms with E-state index in [2.05, 4.69) is 0 Å². The smallest absolute Gasteiger partial charge is 0.347 e. The number of esters is 1. The molecule has 1 aliphatic carbocycles. The minimum absolute atomic E-state index is 0.00897. The number of hydrazine groups is 1. The number of hydrogen-bond donors (Lipinski definition) is 2. The molecule has 7 nitrogen and oxygen atoms in total. The summed E-state index contributed by atoms with van der Waals surface area (Å²) in [5.41, 5.74) is -0.716. The summed E-state index contributed by atoms with van der Waals surface area (Å²) in [7, 11) is 1.65. The maximum atomic E-state index is 13.4. The fraction of sp³-hybridized carbons (Fsp3) is 0.545. The second-order valence-electron chi connectivity index (χ2n) is 8.40. The number of carbonyl (C=O) groups is 2. The molecule has 1 amide bonds. The van der Waals surface area contributed by atoms with E-state index in [1.165, 1.54) is 11.1 Å². The van der Waals surface area contributed by atoms with Gasteiger partial charge in [0.1, 0.15) is 11.6 Å². The normalized spacial score (nSPS) is 20.9. The molecular weight excluding hydrogens is 410 g/mol. The molecule has 172 valence electrons. The van der Waals surface area contributed by atoms with Gasteiger partial charge >= 0.3 is 5.97 Å². The second kappa shape index (κ2) is 9.64. The van der Waals surface area contributed by atoms with Crippen molar-refractivity contribution in [1.82, 2.24) is 10.0 Å². The van der Waals surface area contributed by atoms with Crippen LogP contribution >= 0.6 is 0 Å². The number of likely N-dealkylation sites (N-methyl/N-ethyl adjacent to an activating group) is 1. The molecule has 0 aromatic rings. The zero-order chi connectivity index (χ0) is 23.5. The Morgan fingerprint density at radius 3 is 2.35 bits per heavy atom. The highest BCUT2D eigenvalue weighted by atomic mass is 19.2. The fourth-order valence-corrected chi connectivity index (χ4v) is 3.49. The predicted molar refractivity (Wildman–Crippen MR) is 111 cm³/mol. The summed E-state index contributed by atoms with van der Waals surface area (Å²) in [6, 6.07) is 0. The van der Waals surface area contributed by atoms with Gasteiger partial charge in [-0.1, -0.05) is 25.5 Å². The van der Waals surface area contributed by atoms with Crippen LogP contribution in [0.4, 0.5) is 8.78 Å². The Kier molecular flexibility index (Phi) is 7.64. The molecule has 31 heavy (non-hydrogen) atoms. The van der Waals surface area contributed by atoms with Gasteiger partial charge in [-0.15, -0.1) is 0 Å². The summed E-state index contributed by atoms with van der Waals surface area (Å²) >= 11 is 0. The van der Waals surface area contributed by atoms with E-state index in [0.717, 1.165) is 19.4 Å². The highest BCUT2D eigenvalue weighted by Crippen LogP contribution is 2.46. The van der Waals surface area contributed by atoms with Crippen molar-refractivity contribution in [2.24, 2.45) is 5.92 Å². The van der Waals surface area contributed by atoms with Crippen LogP contribution in [0.1, 0.15) is 47.0 Å². The van der Waals surface area contributed by atoms with Crippen LogP contribution in [0.15, 0.2) is 46.5 Å². The molecule has 2 N–H and O–H groups in total. The number of rotatable bonds is 7. The van der Waals surface area contributed by atoms with Gasteiger partial charge in [-0.2, -0.15) is 0 Å². The first-order valence-electron chi connectivity index (χ1n) is 10.2. The lowest BCUT2D eigenvalue weighted by Gasteiger charge is -2.54. The zero-order valence-corrected chi connectivity index (χ0v) is 18.5. The summed E-state index contributed by atoms with van der Waals surface area (Å²) < 4.78 is 31.5. The zero-order valence-electron chi connectivity index (χ0n) is 18.5. The van der Waals surface area contributed by atoms with E-state index in [0.29, 0.717) is 18.4 Å². The third-order valence-electron chi connectivity index (χ3n) is 5.49. The largest absolute Gasteiger partial charge is 0.509 e. The minimum atomic E-state index is -1.37. The molecular formula is C22H30F2N2O5. The molecule has 0 aromatic heterocycles. The maximum absolute atomic E-state index is 13.4. The van der Waals surface area contributed by atoms with Gasteiger partial charge in [0.2, 0.25) is 0 Å². The highest BCUT2D eigenvalue weighted by molar-refractivity contribution is 6.17. The van der Waals surface area contributed by atoms with Gasteiger partial charge in [0.25, 0.3) is 5.91 Å². The van der Waals surface area contributed by atoms with Crippen LogP contribution in [-0.4, -0.2) is 57.8 Å². The number of hydrogen-bond acceptors (Lipinski definition) is 6. The van der Waals surface area contributed by atoms with Crippen LogP contribution in [0.2, 0.25) is 0 Å². The van der Waals surface area contributed by atoms with E-state index in [4.69, 9.17) is 4.74 Å². The van der Waals surface area contributed by atoms with Crippen molar-refractivity contribution in [2.45, 2.75) is 52.5 Å². The molecule has 0 saturated heterocycles. The minimum Gasteiger partial charge on any atom is -0.509 e. The molecule has 1 spiro atoms. The van der Waals surface area contributed by atoms with E-state index in [-0.39, 0.29) is 30.4 Å². The van der Waals surface area contributed by atoms with E-state index >= 15 is 0 Å². The lowest BCUT2D eigenvalue weighted by Crippen LogP contribution is -2.66. The van der Waals surface area contributed by atoms with Crippen molar-refractivity contribution < 1.29 is 33.3 Å². The number of aliphatic hydroxyl groups excluding tert-OH is 2. The molecule has 2 rings (SSSR count). The van der Waals surface area contributed by atoms with Gasteiger partial charge in [-0.25, -0.2) is 18.6 Å². The van der Waals surface area contributed by atoms with Crippen LogP contribution in [-0.2, 0) is 14.3 Å². The van der Waals surface area contributed by atoms with Crippen LogP contribution < -0.4 is 0 Å².